The topological polar surface area (TPSA) is 77.2 Å². The van der Waals surface area contributed by atoms with Crippen molar-refractivity contribution in [2.45, 2.75) is 31.9 Å². The molecule has 1 aromatic carbocycles. The molecular weight excluding hydrogens is 262 g/mol. The molecule has 0 bridgehead atoms. The van der Waals surface area contributed by atoms with Gasteiger partial charge in [-0.2, -0.15) is 0 Å². The van der Waals surface area contributed by atoms with Gasteiger partial charge in [-0.05, 0) is 17.9 Å². The third kappa shape index (κ3) is 4.67. The molecule has 0 aliphatic rings. The molecule has 19 heavy (non-hydrogen) atoms. The average molecular weight is 283 g/mol. The van der Waals surface area contributed by atoms with Crippen molar-refractivity contribution in [3.63, 3.8) is 0 Å². The minimum absolute atomic E-state index is 0.00627. The second-order valence-electron chi connectivity index (χ2n) is 5.10. The molecule has 0 unspecified atom stereocenters. The molecule has 5 heteroatoms. The van der Waals surface area contributed by atoms with Crippen LogP contribution in [-0.2, 0) is 14.6 Å². The van der Waals surface area contributed by atoms with Crippen LogP contribution in [0.4, 0.5) is 0 Å². The molecule has 0 aromatic heterocycles. The van der Waals surface area contributed by atoms with Crippen molar-refractivity contribution < 1.29 is 13.2 Å². The summed E-state index contributed by atoms with van der Waals surface area (Å²) in [7, 11) is -3.54. The van der Waals surface area contributed by atoms with Crippen LogP contribution in [-0.4, -0.2) is 20.1 Å². The minimum atomic E-state index is -3.54. The highest BCUT2D eigenvalue weighted by molar-refractivity contribution is 7.92. The number of hydrogen-bond donors (Lipinski definition) is 1. The quantitative estimate of drug-likeness (QED) is 0.832. The molecule has 0 fully saturated rings. The van der Waals surface area contributed by atoms with E-state index >= 15 is 0 Å². The summed E-state index contributed by atoms with van der Waals surface area (Å²) in [6.45, 7) is 4.07. The second-order valence-corrected chi connectivity index (χ2v) is 7.30. The maximum Gasteiger partial charge on any atom is 0.240 e. The van der Waals surface area contributed by atoms with Crippen molar-refractivity contribution >= 4 is 15.7 Å². The third-order valence-electron chi connectivity index (χ3n) is 2.93. The first kappa shape index (κ1) is 15.7. The zero-order valence-corrected chi connectivity index (χ0v) is 12.2. The predicted molar refractivity (Wildman–Crippen MR) is 76.2 cm³/mol. The largest absolute Gasteiger partial charge is 0.368 e. The molecule has 0 spiro atoms. The van der Waals surface area contributed by atoms with Crippen LogP contribution >= 0.6 is 0 Å². The lowest BCUT2D eigenvalue weighted by atomic mass is 10.1. The Labute approximate surface area is 114 Å². The Morgan fingerprint density at radius 1 is 1.21 bits per heavy atom. The molecule has 1 amide bonds. The Morgan fingerprint density at radius 2 is 1.79 bits per heavy atom. The van der Waals surface area contributed by atoms with Gasteiger partial charge in [0.2, 0.25) is 5.91 Å². The van der Waals surface area contributed by atoms with Crippen LogP contribution in [0.15, 0.2) is 30.3 Å². The van der Waals surface area contributed by atoms with Gasteiger partial charge in [0.1, 0.15) is 0 Å². The molecule has 1 atom stereocenters. The van der Waals surface area contributed by atoms with Gasteiger partial charge in [-0.15, -0.1) is 0 Å². The first-order chi connectivity index (χ1) is 8.84. The zero-order chi connectivity index (χ0) is 14.5. The number of carbonyl (C=O) groups excluding carboxylic acids is 1. The Morgan fingerprint density at radius 3 is 2.26 bits per heavy atom. The van der Waals surface area contributed by atoms with Crippen LogP contribution in [0.1, 0.15) is 37.5 Å². The highest BCUT2D eigenvalue weighted by atomic mass is 32.2. The fourth-order valence-corrected chi connectivity index (χ4v) is 3.72. The van der Waals surface area contributed by atoms with Gasteiger partial charge >= 0.3 is 0 Å². The fraction of sp³-hybridized carbons (Fsp3) is 0.500. The maximum atomic E-state index is 12.3. The van der Waals surface area contributed by atoms with Gasteiger partial charge in [0, 0.05) is 0 Å². The van der Waals surface area contributed by atoms with E-state index in [2.05, 4.69) is 0 Å². The first-order valence-electron chi connectivity index (χ1n) is 6.40. The Kier molecular flexibility index (Phi) is 5.54. The summed E-state index contributed by atoms with van der Waals surface area (Å²) in [5.41, 5.74) is 5.71. The number of sulfone groups is 1. The maximum absolute atomic E-state index is 12.3. The highest BCUT2D eigenvalue weighted by Crippen LogP contribution is 2.24. The van der Waals surface area contributed by atoms with Crippen LogP contribution in [0.3, 0.4) is 0 Å². The molecule has 1 rings (SSSR count). The van der Waals surface area contributed by atoms with Gasteiger partial charge in [0.15, 0.2) is 15.1 Å². The van der Waals surface area contributed by atoms with E-state index in [9.17, 15) is 13.2 Å². The molecule has 0 aliphatic heterocycles. The van der Waals surface area contributed by atoms with E-state index in [1.807, 2.05) is 13.8 Å². The summed E-state index contributed by atoms with van der Waals surface area (Å²) in [4.78, 5) is 11.5. The number of primary amides is 1. The average Bonchev–Trinajstić information content (AvgIpc) is 2.28. The normalized spacial score (nSPS) is 13.4. The van der Waals surface area contributed by atoms with Crippen LogP contribution < -0.4 is 5.73 Å². The molecule has 0 radical (unpaired) electrons. The number of amides is 1. The summed E-state index contributed by atoms with van der Waals surface area (Å²) < 4.78 is 24.5. The van der Waals surface area contributed by atoms with E-state index in [4.69, 9.17) is 5.73 Å². The minimum Gasteiger partial charge on any atom is -0.368 e. The molecule has 106 valence electrons. The van der Waals surface area contributed by atoms with Crippen molar-refractivity contribution in [1.29, 1.82) is 0 Å². The van der Waals surface area contributed by atoms with Crippen molar-refractivity contribution in [3.05, 3.63) is 35.9 Å². The fourth-order valence-electron chi connectivity index (χ4n) is 1.99. The lowest BCUT2D eigenvalue weighted by Gasteiger charge is -2.15. The molecule has 0 aliphatic carbocycles. The summed E-state index contributed by atoms with van der Waals surface area (Å²) in [6.07, 6.45) is 1.37. The van der Waals surface area contributed by atoms with Gasteiger partial charge in [-0.3, -0.25) is 4.79 Å². The summed E-state index contributed by atoms with van der Waals surface area (Å²) in [5.74, 6) is -0.372. The van der Waals surface area contributed by atoms with E-state index in [0.29, 0.717) is 17.9 Å². The number of benzene rings is 1. The van der Waals surface area contributed by atoms with Gasteiger partial charge < -0.3 is 5.73 Å². The van der Waals surface area contributed by atoms with E-state index in [-0.39, 0.29) is 5.75 Å². The molecule has 2 N–H and O–H groups in total. The number of rotatable bonds is 7. The van der Waals surface area contributed by atoms with E-state index in [0.717, 1.165) is 6.42 Å². The van der Waals surface area contributed by atoms with Gasteiger partial charge in [0.05, 0.1) is 5.75 Å². The summed E-state index contributed by atoms with van der Waals surface area (Å²) in [6, 6.07) is 8.42. The molecule has 0 saturated heterocycles. The molecule has 0 heterocycles. The number of nitrogens with two attached hydrogens (primary N) is 1. The Hall–Kier alpha value is -1.36. The predicted octanol–water partition coefficient (Wildman–Crippen LogP) is 2.06. The van der Waals surface area contributed by atoms with Crippen LogP contribution in [0.25, 0.3) is 0 Å². The van der Waals surface area contributed by atoms with Gasteiger partial charge in [-0.1, -0.05) is 50.6 Å². The summed E-state index contributed by atoms with van der Waals surface area (Å²) >= 11 is 0. The monoisotopic (exact) mass is 283 g/mol. The van der Waals surface area contributed by atoms with E-state index < -0.39 is 21.0 Å². The summed E-state index contributed by atoms with van der Waals surface area (Å²) in [5, 5.41) is -1.24. The second kappa shape index (κ2) is 6.70. The zero-order valence-electron chi connectivity index (χ0n) is 11.4. The Balaban J connectivity index is 2.90. The lowest BCUT2D eigenvalue weighted by molar-refractivity contribution is -0.117. The van der Waals surface area contributed by atoms with Crippen LogP contribution in [0.2, 0.25) is 0 Å². The van der Waals surface area contributed by atoms with Crippen molar-refractivity contribution in [2.75, 3.05) is 5.75 Å². The first-order valence-corrected chi connectivity index (χ1v) is 8.12. The van der Waals surface area contributed by atoms with E-state index in [1.165, 1.54) is 0 Å². The van der Waals surface area contributed by atoms with Crippen molar-refractivity contribution in [1.82, 2.24) is 0 Å². The van der Waals surface area contributed by atoms with Gasteiger partial charge in [0.25, 0.3) is 0 Å². The van der Waals surface area contributed by atoms with Crippen molar-refractivity contribution in [2.24, 2.45) is 11.7 Å². The standard InChI is InChI=1S/C14H21NO3S/c1-11(2)7-6-10-19(17,18)13(14(15)16)12-8-4-3-5-9-12/h3-5,8-9,11,13H,6-7,10H2,1-2H3,(H2,15,16)/t13-/m1/s1. The lowest BCUT2D eigenvalue weighted by Crippen LogP contribution is -2.30. The van der Waals surface area contributed by atoms with Crippen LogP contribution in [0.5, 0.6) is 0 Å². The van der Waals surface area contributed by atoms with Crippen LogP contribution in [0, 0.1) is 5.92 Å². The Bertz CT molecular complexity index is 509. The molecule has 1 aromatic rings. The number of hydrogen-bond acceptors (Lipinski definition) is 3. The highest BCUT2D eigenvalue weighted by Gasteiger charge is 2.31. The molecule has 0 saturated carbocycles. The smallest absolute Gasteiger partial charge is 0.240 e. The van der Waals surface area contributed by atoms with Crippen molar-refractivity contribution in [3.8, 4) is 0 Å². The molecule has 4 nitrogen and oxygen atoms in total. The SMILES string of the molecule is CC(C)CCCS(=O)(=O)[C@@H](C(N)=O)c1ccccc1. The third-order valence-corrected chi connectivity index (χ3v) is 5.01. The van der Waals surface area contributed by atoms with Gasteiger partial charge in [-0.25, -0.2) is 8.42 Å². The number of carbonyl (C=O) groups is 1. The van der Waals surface area contributed by atoms with E-state index in [1.54, 1.807) is 30.3 Å². The molecular formula is C14H21NO3S.